The Morgan fingerprint density at radius 2 is 1.88 bits per heavy atom. The summed E-state index contributed by atoms with van der Waals surface area (Å²) in [5.74, 6) is -1.59. The Morgan fingerprint density at radius 3 is 2.58 bits per heavy atom. The number of carbonyl (C=O) groups excluding carboxylic acids is 1. The molecule has 0 spiro atoms. The van der Waals surface area contributed by atoms with Crippen molar-refractivity contribution in [2.45, 2.75) is 25.8 Å². The van der Waals surface area contributed by atoms with Gasteiger partial charge in [-0.1, -0.05) is 6.07 Å². The summed E-state index contributed by atoms with van der Waals surface area (Å²) in [6.45, 7) is 2.64. The number of amides is 1. The Labute approximate surface area is 229 Å². The standard InChI is InChI=1S/C26H27F2N7O4S/c1-15-13-35-14-20(31-24(25(35)30-15)23-18(28)4-3-5-22(23)39-2)26(36)32-19-12-16(27)6-7-21(19)34-10-8-17(9-11-34)33-40(29,37)38/h3-7,12-14,17,33H,8-11H2,1-2H3,(H,32,36)(H2,29,37,38). The Bertz CT molecular complexity index is 1700. The van der Waals surface area contributed by atoms with Crippen molar-refractivity contribution >= 4 is 33.1 Å². The first-order valence-electron chi connectivity index (χ1n) is 12.4. The summed E-state index contributed by atoms with van der Waals surface area (Å²) in [5.41, 5.74) is 1.83. The fraction of sp³-hybridized carbons (Fsp3) is 0.269. The smallest absolute Gasteiger partial charge is 0.275 e. The first kappa shape index (κ1) is 27.4. The number of aromatic nitrogens is 3. The number of anilines is 2. The van der Waals surface area contributed by atoms with Crippen LogP contribution in [-0.2, 0) is 10.2 Å². The van der Waals surface area contributed by atoms with E-state index >= 15 is 4.39 Å². The number of nitrogens with zero attached hydrogens (tertiary/aromatic N) is 4. The summed E-state index contributed by atoms with van der Waals surface area (Å²) in [6.07, 6.45) is 4.07. The van der Waals surface area contributed by atoms with Gasteiger partial charge in [0.2, 0.25) is 0 Å². The van der Waals surface area contributed by atoms with E-state index < -0.39 is 27.8 Å². The van der Waals surface area contributed by atoms with E-state index in [1.807, 2.05) is 4.90 Å². The third-order valence-electron chi connectivity index (χ3n) is 6.60. The molecule has 0 radical (unpaired) electrons. The van der Waals surface area contributed by atoms with Crippen molar-refractivity contribution in [1.29, 1.82) is 0 Å². The molecule has 0 saturated carbocycles. The number of ether oxygens (including phenoxy) is 1. The Hall–Kier alpha value is -4.14. The molecule has 2 aromatic carbocycles. The van der Waals surface area contributed by atoms with Crippen LogP contribution in [0.3, 0.4) is 0 Å². The molecule has 0 aliphatic carbocycles. The lowest BCUT2D eigenvalue weighted by atomic mass is 10.0. The average Bonchev–Trinajstić information content (AvgIpc) is 3.28. The monoisotopic (exact) mass is 571 g/mol. The second-order valence-corrected chi connectivity index (χ2v) is 10.8. The van der Waals surface area contributed by atoms with Crippen LogP contribution >= 0.6 is 0 Å². The Morgan fingerprint density at radius 1 is 1.12 bits per heavy atom. The minimum Gasteiger partial charge on any atom is -0.496 e. The lowest BCUT2D eigenvalue weighted by molar-refractivity contribution is 0.102. The van der Waals surface area contributed by atoms with Gasteiger partial charge in [-0.2, -0.15) is 13.1 Å². The molecule has 1 saturated heterocycles. The number of fused-ring (bicyclic) bond motifs is 1. The molecule has 1 aliphatic heterocycles. The zero-order chi connectivity index (χ0) is 28.6. The molecule has 0 atom stereocenters. The number of piperidine rings is 1. The molecule has 4 N–H and O–H groups in total. The molecule has 0 bridgehead atoms. The van der Waals surface area contributed by atoms with Gasteiger partial charge >= 0.3 is 0 Å². The molecule has 11 nitrogen and oxygen atoms in total. The second kappa shape index (κ2) is 10.8. The van der Waals surface area contributed by atoms with Crippen LogP contribution in [0.1, 0.15) is 29.0 Å². The molecule has 210 valence electrons. The number of rotatable bonds is 7. The molecule has 1 amide bonds. The maximum atomic E-state index is 15.0. The highest BCUT2D eigenvalue weighted by atomic mass is 32.2. The molecule has 0 unspecified atom stereocenters. The number of carbonyl (C=O) groups is 1. The molecule has 14 heteroatoms. The van der Waals surface area contributed by atoms with E-state index in [0.29, 0.717) is 43.0 Å². The minimum atomic E-state index is -3.83. The molecular formula is C26H27F2N7O4S. The van der Waals surface area contributed by atoms with Gasteiger partial charge in [-0.15, -0.1) is 0 Å². The summed E-state index contributed by atoms with van der Waals surface area (Å²) in [4.78, 5) is 24.3. The maximum absolute atomic E-state index is 15.0. The molecule has 3 heterocycles. The largest absolute Gasteiger partial charge is 0.496 e. The zero-order valence-corrected chi connectivity index (χ0v) is 22.5. The van der Waals surface area contributed by atoms with Gasteiger partial charge in [0.15, 0.2) is 5.65 Å². The summed E-state index contributed by atoms with van der Waals surface area (Å²) in [5, 5.41) is 7.82. The highest BCUT2D eigenvalue weighted by Crippen LogP contribution is 2.34. The Balaban J connectivity index is 1.48. The fourth-order valence-electron chi connectivity index (χ4n) is 4.84. The number of hydrogen-bond acceptors (Lipinski definition) is 7. The van der Waals surface area contributed by atoms with Crippen LogP contribution < -0.4 is 24.8 Å². The second-order valence-electron chi connectivity index (χ2n) is 9.44. The SMILES string of the molecule is COc1cccc(F)c1-c1nc(C(=O)Nc2cc(F)ccc2N2CCC(NS(N)(=O)=O)CC2)cn2cc(C)nc12. The molecule has 1 aliphatic rings. The van der Waals surface area contributed by atoms with E-state index in [-0.39, 0.29) is 34.4 Å². The number of aryl methyl sites for hydroxylation is 1. The number of imidazole rings is 1. The number of nitrogens with one attached hydrogen (secondary N) is 2. The van der Waals surface area contributed by atoms with Gasteiger partial charge in [0.1, 0.15) is 28.8 Å². The van der Waals surface area contributed by atoms with Crippen LogP contribution in [0, 0.1) is 18.6 Å². The predicted octanol–water partition coefficient (Wildman–Crippen LogP) is 3.01. The number of hydrogen-bond donors (Lipinski definition) is 3. The van der Waals surface area contributed by atoms with Crippen molar-refractivity contribution in [1.82, 2.24) is 19.1 Å². The first-order chi connectivity index (χ1) is 19.0. The number of nitrogens with two attached hydrogens (primary N) is 1. The third kappa shape index (κ3) is 5.73. The van der Waals surface area contributed by atoms with Crippen molar-refractivity contribution < 1.29 is 26.7 Å². The fourth-order valence-corrected chi connectivity index (χ4v) is 5.54. The van der Waals surface area contributed by atoms with Crippen molar-refractivity contribution in [2.24, 2.45) is 5.14 Å². The van der Waals surface area contributed by atoms with E-state index in [4.69, 9.17) is 9.88 Å². The van der Waals surface area contributed by atoms with Gasteiger partial charge < -0.3 is 19.4 Å². The highest BCUT2D eigenvalue weighted by Gasteiger charge is 2.25. The summed E-state index contributed by atoms with van der Waals surface area (Å²) in [6, 6.07) is 8.04. The van der Waals surface area contributed by atoms with E-state index in [9.17, 15) is 17.6 Å². The van der Waals surface area contributed by atoms with Gasteiger partial charge in [-0.3, -0.25) is 4.79 Å². The van der Waals surface area contributed by atoms with E-state index in [0.717, 1.165) is 0 Å². The molecule has 40 heavy (non-hydrogen) atoms. The lowest BCUT2D eigenvalue weighted by Crippen LogP contribution is -2.46. The van der Waals surface area contributed by atoms with E-state index in [2.05, 4.69) is 20.0 Å². The lowest BCUT2D eigenvalue weighted by Gasteiger charge is -2.34. The molecular weight excluding hydrogens is 544 g/mol. The van der Waals surface area contributed by atoms with Crippen molar-refractivity contribution in [3.8, 4) is 17.0 Å². The van der Waals surface area contributed by atoms with Crippen molar-refractivity contribution in [3.63, 3.8) is 0 Å². The van der Waals surface area contributed by atoms with E-state index in [1.165, 1.54) is 37.6 Å². The summed E-state index contributed by atoms with van der Waals surface area (Å²) >= 11 is 0. The summed E-state index contributed by atoms with van der Waals surface area (Å²) < 4.78 is 61.4. The van der Waals surface area contributed by atoms with Crippen LogP contribution in [0.4, 0.5) is 20.2 Å². The van der Waals surface area contributed by atoms with Gasteiger partial charge in [0.05, 0.1) is 29.7 Å². The van der Waals surface area contributed by atoms with E-state index in [1.54, 1.807) is 29.7 Å². The normalized spacial score (nSPS) is 14.5. The van der Waals surface area contributed by atoms with Gasteiger partial charge in [0.25, 0.3) is 16.1 Å². The van der Waals surface area contributed by atoms with Crippen LogP contribution in [-0.4, -0.2) is 54.9 Å². The first-order valence-corrected chi connectivity index (χ1v) is 13.9. The van der Waals surface area contributed by atoms with Crippen LogP contribution in [0.5, 0.6) is 5.75 Å². The average molecular weight is 572 g/mol. The van der Waals surface area contributed by atoms with Crippen LogP contribution in [0.15, 0.2) is 48.8 Å². The highest BCUT2D eigenvalue weighted by molar-refractivity contribution is 7.87. The van der Waals surface area contributed by atoms with Crippen LogP contribution in [0.2, 0.25) is 0 Å². The number of methoxy groups -OCH3 is 1. The zero-order valence-electron chi connectivity index (χ0n) is 21.7. The number of halogens is 2. The van der Waals surface area contributed by atoms with Gasteiger partial charge in [-0.25, -0.2) is 23.9 Å². The van der Waals surface area contributed by atoms with Gasteiger partial charge in [0, 0.05) is 31.5 Å². The molecule has 2 aromatic heterocycles. The quantitative estimate of drug-likeness (QED) is 0.309. The minimum absolute atomic E-state index is 0.0534. The van der Waals surface area contributed by atoms with Crippen molar-refractivity contribution in [3.05, 3.63) is 71.8 Å². The topological polar surface area (TPSA) is 144 Å². The van der Waals surface area contributed by atoms with Crippen molar-refractivity contribution in [2.75, 3.05) is 30.4 Å². The third-order valence-corrected chi connectivity index (χ3v) is 7.26. The predicted molar refractivity (Wildman–Crippen MR) is 146 cm³/mol. The molecule has 1 fully saturated rings. The molecule has 4 aromatic rings. The van der Waals surface area contributed by atoms with Crippen LogP contribution in [0.25, 0.3) is 16.9 Å². The molecule has 5 rings (SSSR count). The summed E-state index contributed by atoms with van der Waals surface area (Å²) in [7, 11) is -2.43. The van der Waals surface area contributed by atoms with Gasteiger partial charge in [-0.05, 0) is 50.1 Å². The maximum Gasteiger partial charge on any atom is 0.275 e. The number of benzene rings is 2. The Kier molecular flexibility index (Phi) is 7.40.